The van der Waals surface area contributed by atoms with Gasteiger partial charge in [0.15, 0.2) is 0 Å². The second-order valence-electron chi connectivity index (χ2n) is 5.24. The second kappa shape index (κ2) is 5.15. The van der Waals surface area contributed by atoms with Gasteiger partial charge < -0.3 is 9.64 Å². The number of alkyl halides is 2. The summed E-state index contributed by atoms with van der Waals surface area (Å²) in [7, 11) is 0. The van der Waals surface area contributed by atoms with Gasteiger partial charge in [-0.1, -0.05) is 12.1 Å². The highest BCUT2D eigenvalue weighted by Gasteiger charge is 2.34. The first kappa shape index (κ1) is 13.8. The average Bonchev–Trinajstić information content (AvgIpc) is 2.33. The van der Waals surface area contributed by atoms with Crippen LogP contribution in [0.2, 0.25) is 0 Å². The molecule has 1 aromatic carbocycles. The Bertz CT molecular complexity index is 474. The number of hydrogen-bond donors (Lipinski definition) is 0. The Morgan fingerprint density at radius 2 is 2.11 bits per heavy atom. The largest absolute Gasteiger partial charge is 0.484 e. The van der Waals surface area contributed by atoms with Crippen LogP contribution >= 0.6 is 0 Å². The fourth-order valence-corrected chi connectivity index (χ4v) is 2.15. The van der Waals surface area contributed by atoms with Crippen molar-refractivity contribution >= 4 is 11.6 Å². The van der Waals surface area contributed by atoms with Crippen LogP contribution in [0.5, 0.6) is 5.75 Å². The number of anilines is 1. The van der Waals surface area contributed by atoms with Crippen molar-refractivity contribution in [3.8, 4) is 5.75 Å². The molecule has 0 saturated carbocycles. The molecule has 1 amide bonds. The van der Waals surface area contributed by atoms with Gasteiger partial charge in [-0.3, -0.25) is 4.79 Å². The molecule has 104 valence electrons. The standard InChI is InChI=1S/C14H17F2NO2/c1-14(2)9-17(13(18)8-7-12(15)16)10-5-3-4-6-11(10)19-14/h3-6,12H,7-9H2,1-2H3. The maximum atomic E-state index is 12.2. The van der Waals surface area contributed by atoms with Crippen LogP contribution in [-0.4, -0.2) is 24.5 Å². The van der Waals surface area contributed by atoms with Crippen LogP contribution in [0.15, 0.2) is 24.3 Å². The number of benzene rings is 1. The Balaban J connectivity index is 2.22. The van der Waals surface area contributed by atoms with Gasteiger partial charge in [-0.2, -0.15) is 0 Å². The lowest BCUT2D eigenvalue weighted by Gasteiger charge is -2.39. The van der Waals surface area contributed by atoms with E-state index in [2.05, 4.69) is 0 Å². The van der Waals surface area contributed by atoms with E-state index in [-0.39, 0.29) is 12.3 Å². The smallest absolute Gasteiger partial charge is 0.239 e. The number of rotatable bonds is 3. The van der Waals surface area contributed by atoms with E-state index in [1.807, 2.05) is 19.9 Å². The molecule has 0 spiro atoms. The summed E-state index contributed by atoms with van der Waals surface area (Å²) < 4.78 is 30.2. The number of amides is 1. The topological polar surface area (TPSA) is 29.5 Å². The lowest BCUT2D eigenvalue weighted by molar-refractivity contribution is -0.120. The van der Waals surface area contributed by atoms with Crippen molar-refractivity contribution in [2.24, 2.45) is 0 Å². The molecule has 0 fully saturated rings. The highest BCUT2D eigenvalue weighted by Crippen LogP contribution is 2.37. The fourth-order valence-electron chi connectivity index (χ4n) is 2.15. The van der Waals surface area contributed by atoms with Crippen LogP contribution in [-0.2, 0) is 4.79 Å². The molecule has 1 heterocycles. The Morgan fingerprint density at radius 1 is 1.42 bits per heavy atom. The lowest BCUT2D eigenvalue weighted by Crippen LogP contribution is -2.49. The summed E-state index contributed by atoms with van der Waals surface area (Å²) in [5.74, 6) is 0.327. The Morgan fingerprint density at radius 3 is 2.79 bits per heavy atom. The molecule has 0 aliphatic carbocycles. The summed E-state index contributed by atoms with van der Waals surface area (Å²) in [6, 6.07) is 7.17. The summed E-state index contributed by atoms with van der Waals surface area (Å²) in [6.45, 7) is 4.11. The zero-order chi connectivity index (χ0) is 14.0. The number of hydrogen-bond acceptors (Lipinski definition) is 2. The maximum absolute atomic E-state index is 12.2. The Kier molecular flexibility index (Phi) is 3.73. The van der Waals surface area contributed by atoms with Crippen LogP contribution in [0, 0.1) is 0 Å². The van der Waals surface area contributed by atoms with Gasteiger partial charge in [0.25, 0.3) is 0 Å². The number of carbonyl (C=O) groups excluding carboxylic acids is 1. The molecule has 3 nitrogen and oxygen atoms in total. The van der Waals surface area contributed by atoms with Crippen LogP contribution < -0.4 is 9.64 Å². The first-order valence-electron chi connectivity index (χ1n) is 6.25. The van der Waals surface area contributed by atoms with E-state index in [1.165, 1.54) is 0 Å². The molecule has 1 aliphatic rings. The molecule has 0 unspecified atom stereocenters. The Hall–Kier alpha value is -1.65. The average molecular weight is 269 g/mol. The quantitative estimate of drug-likeness (QED) is 0.843. The van der Waals surface area contributed by atoms with Gasteiger partial charge in [-0.25, -0.2) is 8.78 Å². The van der Waals surface area contributed by atoms with E-state index in [9.17, 15) is 13.6 Å². The number of carbonyl (C=O) groups is 1. The molecule has 0 atom stereocenters. The minimum atomic E-state index is -2.45. The molecule has 5 heteroatoms. The number of ether oxygens (including phenoxy) is 1. The number of para-hydroxylation sites is 2. The van der Waals surface area contributed by atoms with Gasteiger partial charge in [-0.15, -0.1) is 0 Å². The molecule has 2 rings (SSSR count). The monoisotopic (exact) mass is 269 g/mol. The third-order valence-corrected chi connectivity index (χ3v) is 2.96. The molecule has 19 heavy (non-hydrogen) atoms. The predicted molar refractivity (Wildman–Crippen MR) is 68.7 cm³/mol. The van der Waals surface area contributed by atoms with Crippen molar-refractivity contribution in [2.45, 2.75) is 38.7 Å². The molecular formula is C14H17F2NO2. The minimum Gasteiger partial charge on any atom is -0.484 e. The van der Waals surface area contributed by atoms with Crippen molar-refractivity contribution in [1.82, 2.24) is 0 Å². The van der Waals surface area contributed by atoms with Gasteiger partial charge in [0.2, 0.25) is 12.3 Å². The fraction of sp³-hybridized carbons (Fsp3) is 0.500. The van der Waals surface area contributed by atoms with Crippen molar-refractivity contribution < 1.29 is 18.3 Å². The van der Waals surface area contributed by atoms with Crippen LogP contribution in [0.4, 0.5) is 14.5 Å². The summed E-state index contributed by atoms with van der Waals surface area (Å²) in [5.41, 5.74) is 0.135. The van der Waals surface area contributed by atoms with E-state index in [1.54, 1.807) is 23.1 Å². The molecule has 1 aromatic rings. The van der Waals surface area contributed by atoms with Gasteiger partial charge in [-0.05, 0) is 26.0 Å². The van der Waals surface area contributed by atoms with Crippen LogP contribution in [0.3, 0.4) is 0 Å². The van der Waals surface area contributed by atoms with E-state index in [0.29, 0.717) is 18.0 Å². The van der Waals surface area contributed by atoms with E-state index in [0.717, 1.165) is 0 Å². The summed E-state index contributed by atoms with van der Waals surface area (Å²) in [5, 5.41) is 0. The van der Waals surface area contributed by atoms with Gasteiger partial charge >= 0.3 is 0 Å². The van der Waals surface area contributed by atoms with Crippen molar-refractivity contribution in [2.75, 3.05) is 11.4 Å². The van der Waals surface area contributed by atoms with Crippen LogP contribution in [0.1, 0.15) is 26.7 Å². The number of nitrogens with zero attached hydrogens (tertiary/aromatic N) is 1. The summed E-state index contributed by atoms with van der Waals surface area (Å²) in [4.78, 5) is 13.6. The minimum absolute atomic E-state index is 0.151. The van der Waals surface area contributed by atoms with Crippen molar-refractivity contribution in [3.63, 3.8) is 0 Å². The van der Waals surface area contributed by atoms with Crippen molar-refractivity contribution in [3.05, 3.63) is 24.3 Å². The van der Waals surface area contributed by atoms with Gasteiger partial charge in [0.1, 0.15) is 11.4 Å². The van der Waals surface area contributed by atoms with E-state index >= 15 is 0 Å². The SMILES string of the molecule is CC1(C)CN(C(=O)CCC(F)F)c2ccccc2O1. The maximum Gasteiger partial charge on any atom is 0.239 e. The molecule has 0 N–H and O–H groups in total. The number of halogens is 2. The molecule has 0 saturated heterocycles. The molecular weight excluding hydrogens is 252 g/mol. The Labute approximate surface area is 111 Å². The predicted octanol–water partition coefficient (Wildman–Crippen LogP) is 3.24. The first-order valence-corrected chi connectivity index (χ1v) is 6.25. The molecule has 0 radical (unpaired) electrons. The van der Waals surface area contributed by atoms with Gasteiger partial charge in [0.05, 0.1) is 12.2 Å². The number of fused-ring (bicyclic) bond motifs is 1. The summed E-state index contributed by atoms with van der Waals surface area (Å²) in [6.07, 6.45) is -3.01. The molecule has 0 aromatic heterocycles. The van der Waals surface area contributed by atoms with Crippen molar-refractivity contribution in [1.29, 1.82) is 0 Å². The van der Waals surface area contributed by atoms with Crippen LogP contribution in [0.25, 0.3) is 0 Å². The van der Waals surface area contributed by atoms with Gasteiger partial charge in [0, 0.05) is 12.8 Å². The summed E-state index contributed by atoms with van der Waals surface area (Å²) >= 11 is 0. The first-order chi connectivity index (χ1) is 8.89. The third-order valence-electron chi connectivity index (χ3n) is 2.96. The highest BCUT2D eigenvalue weighted by atomic mass is 19.3. The molecule has 0 bridgehead atoms. The lowest BCUT2D eigenvalue weighted by atomic mass is 10.0. The molecule has 1 aliphatic heterocycles. The third kappa shape index (κ3) is 3.22. The van der Waals surface area contributed by atoms with E-state index in [4.69, 9.17) is 4.74 Å². The zero-order valence-electron chi connectivity index (χ0n) is 11.0. The highest BCUT2D eigenvalue weighted by molar-refractivity contribution is 5.95. The zero-order valence-corrected chi connectivity index (χ0v) is 11.0. The van der Waals surface area contributed by atoms with E-state index < -0.39 is 18.4 Å². The normalized spacial score (nSPS) is 17.0. The second-order valence-corrected chi connectivity index (χ2v) is 5.24.